The molecule has 2 N–H and O–H groups in total. The second-order valence-corrected chi connectivity index (χ2v) is 5.44. The molecule has 0 amide bonds. The quantitative estimate of drug-likeness (QED) is 0.851. The van der Waals surface area contributed by atoms with Gasteiger partial charge in [0.05, 0.1) is 0 Å². The molecule has 3 heteroatoms. The van der Waals surface area contributed by atoms with Gasteiger partial charge in [-0.2, -0.15) is 0 Å². The van der Waals surface area contributed by atoms with E-state index in [1.165, 1.54) is 11.6 Å². The number of hydrogen-bond acceptors (Lipinski definition) is 2. The number of aryl methyl sites for hydroxylation is 1. The molecule has 0 heterocycles. The molecule has 2 aromatic carbocycles. The van der Waals surface area contributed by atoms with E-state index in [0.29, 0.717) is 12.2 Å². The molecule has 0 aromatic heterocycles. The van der Waals surface area contributed by atoms with Crippen LogP contribution in [0.15, 0.2) is 42.5 Å². The van der Waals surface area contributed by atoms with E-state index < -0.39 is 0 Å². The van der Waals surface area contributed by atoms with Crippen LogP contribution in [0.2, 0.25) is 0 Å². The second kappa shape index (κ2) is 7.23. The summed E-state index contributed by atoms with van der Waals surface area (Å²) in [5.41, 5.74) is 7.87. The van der Waals surface area contributed by atoms with E-state index in [4.69, 9.17) is 10.5 Å². The Bertz CT molecular complexity index is 578. The van der Waals surface area contributed by atoms with Gasteiger partial charge in [0, 0.05) is 6.04 Å². The van der Waals surface area contributed by atoms with Crippen LogP contribution < -0.4 is 10.5 Å². The fourth-order valence-corrected chi connectivity index (χ4v) is 2.27. The SMILES string of the molecule is CCCc1ccc(Oc2ccc(CC(C)N)cc2F)cc1. The van der Waals surface area contributed by atoms with Crippen LogP contribution in [0.3, 0.4) is 0 Å². The topological polar surface area (TPSA) is 35.2 Å². The summed E-state index contributed by atoms with van der Waals surface area (Å²) in [7, 11) is 0. The number of nitrogens with two attached hydrogens (primary N) is 1. The van der Waals surface area contributed by atoms with E-state index in [1.54, 1.807) is 6.07 Å². The summed E-state index contributed by atoms with van der Waals surface area (Å²) in [6, 6.07) is 12.8. The lowest BCUT2D eigenvalue weighted by Gasteiger charge is -2.10. The van der Waals surface area contributed by atoms with Crippen molar-refractivity contribution in [2.45, 2.75) is 39.2 Å². The summed E-state index contributed by atoms with van der Waals surface area (Å²) in [5.74, 6) is 0.533. The van der Waals surface area contributed by atoms with Crippen molar-refractivity contribution in [2.24, 2.45) is 5.73 Å². The summed E-state index contributed by atoms with van der Waals surface area (Å²) in [4.78, 5) is 0. The highest BCUT2D eigenvalue weighted by Crippen LogP contribution is 2.26. The van der Waals surface area contributed by atoms with E-state index >= 15 is 0 Å². The largest absolute Gasteiger partial charge is 0.454 e. The fourth-order valence-electron chi connectivity index (χ4n) is 2.27. The number of rotatable bonds is 6. The van der Waals surface area contributed by atoms with Crippen LogP contribution in [-0.4, -0.2) is 6.04 Å². The normalized spacial score (nSPS) is 12.2. The van der Waals surface area contributed by atoms with Gasteiger partial charge in [-0.15, -0.1) is 0 Å². The monoisotopic (exact) mass is 287 g/mol. The zero-order valence-corrected chi connectivity index (χ0v) is 12.6. The number of ether oxygens (including phenoxy) is 1. The Kier molecular flexibility index (Phi) is 5.34. The minimum absolute atomic E-state index is 0.0160. The Morgan fingerprint density at radius 1 is 1.10 bits per heavy atom. The first-order valence-corrected chi connectivity index (χ1v) is 7.39. The van der Waals surface area contributed by atoms with Crippen LogP contribution in [0.1, 0.15) is 31.4 Å². The minimum Gasteiger partial charge on any atom is -0.454 e. The van der Waals surface area contributed by atoms with Crippen molar-refractivity contribution in [2.75, 3.05) is 0 Å². The Balaban J connectivity index is 2.08. The molecule has 1 unspecified atom stereocenters. The second-order valence-electron chi connectivity index (χ2n) is 5.44. The maximum atomic E-state index is 14.0. The fraction of sp³-hybridized carbons (Fsp3) is 0.333. The predicted molar refractivity (Wildman–Crippen MR) is 84.3 cm³/mol. The van der Waals surface area contributed by atoms with Crippen LogP contribution >= 0.6 is 0 Å². The predicted octanol–water partition coefficient (Wildman–Crippen LogP) is 4.46. The van der Waals surface area contributed by atoms with Gasteiger partial charge in [-0.25, -0.2) is 4.39 Å². The van der Waals surface area contributed by atoms with Gasteiger partial charge < -0.3 is 10.5 Å². The van der Waals surface area contributed by atoms with Crippen LogP contribution in [0.5, 0.6) is 11.5 Å². The molecule has 0 bridgehead atoms. The highest BCUT2D eigenvalue weighted by atomic mass is 19.1. The van der Waals surface area contributed by atoms with Gasteiger partial charge >= 0.3 is 0 Å². The lowest BCUT2D eigenvalue weighted by atomic mass is 10.1. The molecule has 2 aromatic rings. The molecule has 1 atom stereocenters. The molecule has 112 valence electrons. The first kappa shape index (κ1) is 15.5. The zero-order chi connectivity index (χ0) is 15.2. The number of hydrogen-bond donors (Lipinski definition) is 1. The first-order chi connectivity index (χ1) is 10.1. The molecule has 21 heavy (non-hydrogen) atoms. The van der Waals surface area contributed by atoms with E-state index in [9.17, 15) is 4.39 Å². The summed E-state index contributed by atoms with van der Waals surface area (Å²) < 4.78 is 19.6. The van der Waals surface area contributed by atoms with Crippen molar-refractivity contribution in [3.05, 3.63) is 59.4 Å². The molecule has 2 nitrogen and oxygen atoms in total. The van der Waals surface area contributed by atoms with Gasteiger partial charge in [0.25, 0.3) is 0 Å². The van der Waals surface area contributed by atoms with Crippen LogP contribution in [-0.2, 0) is 12.8 Å². The molecular formula is C18H22FNO. The number of halogens is 1. The molecule has 0 radical (unpaired) electrons. The highest BCUT2D eigenvalue weighted by molar-refractivity contribution is 5.36. The summed E-state index contributed by atoms with van der Waals surface area (Å²) >= 11 is 0. The van der Waals surface area contributed by atoms with Crippen LogP contribution in [0.25, 0.3) is 0 Å². The lowest BCUT2D eigenvalue weighted by molar-refractivity contribution is 0.441. The Hall–Kier alpha value is -1.87. The van der Waals surface area contributed by atoms with Crippen molar-refractivity contribution in [3.63, 3.8) is 0 Å². The third kappa shape index (κ3) is 4.57. The smallest absolute Gasteiger partial charge is 0.165 e. The van der Waals surface area contributed by atoms with Crippen LogP contribution in [0.4, 0.5) is 4.39 Å². The van der Waals surface area contributed by atoms with E-state index in [2.05, 4.69) is 6.92 Å². The molecule has 2 rings (SSSR count). The molecule has 0 saturated carbocycles. The van der Waals surface area contributed by atoms with Crippen LogP contribution in [0, 0.1) is 5.82 Å². The van der Waals surface area contributed by atoms with Gasteiger partial charge in [0.2, 0.25) is 0 Å². The Morgan fingerprint density at radius 3 is 2.33 bits per heavy atom. The van der Waals surface area contributed by atoms with Gasteiger partial charge in [-0.05, 0) is 55.2 Å². The van der Waals surface area contributed by atoms with Gasteiger partial charge in [0.15, 0.2) is 11.6 Å². The van der Waals surface area contributed by atoms with Crippen molar-refractivity contribution >= 4 is 0 Å². The van der Waals surface area contributed by atoms with E-state index in [0.717, 1.165) is 18.4 Å². The third-order valence-corrected chi connectivity index (χ3v) is 3.24. The minimum atomic E-state index is -0.356. The van der Waals surface area contributed by atoms with Crippen molar-refractivity contribution in [1.82, 2.24) is 0 Å². The summed E-state index contributed by atoms with van der Waals surface area (Å²) in [6.07, 6.45) is 2.80. The lowest BCUT2D eigenvalue weighted by Crippen LogP contribution is -2.17. The maximum Gasteiger partial charge on any atom is 0.165 e. The molecular weight excluding hydrogens is 265 g/mol. The Labute approximate surface area is 125 Å². The van der Waals surface area contributed by atoms with Crippen molar-refractivity contribution in [3.8, 4) is 11.5 Å². The summed E-state index contributed by atoms with van der Waals surface area (Å²) in [5, 5.41) is 0. The summed E-state index contributed by atoms with van der Waals surface area (Å²) in [6.45, 7) is 4.05. The Morgan fingerprint density at radius 2 is 1.76 bits per heavy atom. The molecule has 0 aliphatic heterocycles. The highest BCUT2D eigenvalue weighted by Gasteiger charge is 2.07. The molecule has 0 aliphatic carbocycles. The van der Waals surface area contributed by atoms with E-state index in [1.807, 2.05) is 37.3 Å². The third-order valence-electron chi connectivity index (χ3n) is 3.24. The molecule has 0 aliphatic rings. The maximum absolute atomic E-state index is 14.0. The van der Waals surface area contributed by atoms with E-state index in [-0.39, 0.29) is 17.6 Å². The standard InChI is InChI=1S/C18H22FNO/c1-3-4-14-5-8-16(9-6-14)21-18-10-7-15(11-13(2)20)12-17(18)19/h5-10,12-13H,3-4,11,20H2,1-2H3. The molecule has 0 spiro atoms. The van der Waals surface area contributed by atoms with Gasteiger partial charge in [-0.1, -0.05) is 31.5 Å². The average molecular weight is 287 g/mol. The van der Waals surface area contributed by atoms with Gasteiger partial charge in [-0.3, -0.25) is 0 Å². The molecule has 0 saturated heterocycles. The number of benzene rings is 2. The van der Waals surface area contributed by atoms with Gasteiger partial charge in [0.1, 0.15) is 5.75 Å². The zero-order valence-electron chi connectivity index (χ0n) is 12.6. The van der Waals surface area contributed by atoms with Crippen molar-refractivity contribution < 1.29 is 9.13 Å². The molecule has 0 fully saturated rings. The van der Waals surface area contributed by atoms with Crippen molar-refractivity contribution in [1.29, 1.82) is 0 Å². The average Bonchev–Trinajstić information content (AvgIpc) is 2.43. The first-order valence-electron chi connectivity index (χ1n) is 7.39.